The van der Waals surface area contributed by atoms with Gasteiger partial charge < -0.3 is 20.1 Å². The predicted molar refractivity (Wildman–Crippen MR) is 122 cm³/mol. The summed E-state index contributed by atoms with van der Waals surface area (Å²) in [7, 11) is 2.12. The number of H-pyrrole nitrogens is 1. The van der Waals surface area contributed by atoms with Gasteiger partial charge in [-0.3, -0.25) is 0 Å². The average Bonchev–Trinajstić information content (AvgIpc) is 3.23. The summed E-state index contributed by atoms with van der Waals surface area (Å²) < 4.78 is 39.1. The maximum atomic E-state index is 13.0. The highest BCUT2D eigenvalue weighted by atomic mass is 19.4. The van der Waals surface area contributed by atoms with Gasteiger partial charge in [-0.1, -0.05) is 12.1 Å². The molecule has 2 N–H and O–H groups in total. The smallest absolute Gasteiger partial charge is 0.368 e. The van der Waals surface area contributed by atoms with E-state index in [0.29, 0.717) is 34.1 Å². The fourth-order valence-electron chi connectivity index (χ4n) is 3.80. The van der Waals surface area contributed by atoms with E-state index in [1.165, 1.54) is 6.07 Å². The van der Waals surface area contributed by atoms with E-state index in [-0.39, 0.29) is 0 Å². The van der Waals surface area contributed by atoms with E-state index in [1.54, 1.807) is 18.3 Å². The van der Waals surface area contributed by atoms with Gasteiger partial charge >= 0.3 is 6.18 Å². The Kier molecular flexibility index (Phi) is 5.37. The number of aromatic amines is 1. The summed E-state index contributed by atoms with van der Waals surface area (Å²) in [6.07, 6.45) is -0.972. The highest BCUT2D eigenvalue weighted by Crippen LogP contribution is 2.32. The van der Waals surface area contributed by atoms with Crippen LogP contribution in [-0.2, 0) is 6.18 Å². The van der Waals surface area contributed by atoms with Crippen LogP contribution in [0.2, 0.25) is 0 Å². The molecule has 1 aliphatic rings. The Labute approximate surface area is 188 Å². The standard InChI is InChI=1S/C23H22F3N7/c1-32-7-9-33(10-8-32)17-5-6-20(27-13-17)31-21-12-18-19(14-28-21)30-22(29-18)15-3-2-4-16(11-15)23(24,25)26/h2-6,11-14H,7-10H2,1H3,(H,29,30)(H,27,28,31). The van der Waals surface area contributed by atoms with Crippen LogP contribution in [0.4, 0.5) is 30.5 Å². The molecular weight excluding hydrogens is 431 g/mol. The number of nitrogens with zero attached hydrogens (tertiary/aromatic N) is 5. The number of aromatic nitrogens is 4. The molecule has 0 atom stereocenters. The largest absolute Gasteiger partial charge is 0.416 e. The molecule has 0 amide bonds. The summed E-state index contributed by atoms with van der Waals surface area (Å²) >= 11 is 0. The number of fused-ring (bicyclic) bond motifs is 1. The molecule has 4 heterocycles. The molecule has 1 fully saturated rings. The van der Waals surface area contributed by atoms with Crippen molar-refractivity contribution < 1.29 is 13.2 Å². The molecule has 10 heteroatoms. The van der Waals surface area contributed by atoms with Gasteiger partial charge in [0, 0.05) is 37.8 Å². The molecule has 1 saturated heterocycles. The number of rotatable bonds is 4. The first kappa shape index (κ1) is 21.2. The third-order valence-corrected chi connectivity index (χ3v) is 5.70. The number of piperazine rings is 1. The van der Waals surface area contributed by atoms with Gasteiger partial charge in [-0.2, -0.15) is 13.2 Å². The second kappa shape index (κ2) is 8.36. The van der Waals surface area contributed by atoms with Gasteiger partial charge in [0.15, 0.2) is 0 Å². The molecule has 1 aromatic carbocycles. The van der Waals surface area contributed by atoms with Crippen LogP contribution in [0.3, 0.4) is 0 Å². The summed E-state index contributed by atoms with van der Waals surface area (Å²) in [5, 5.41) is 3.16. The van der Waals surface area contributed by atoms with Crippen LogP contribution in [0.15, 0.2) is 54.9 Å². The highest BCUT2D eigenvalue weighted by Gasteiger charge is 2.30. The Morgan fingerprint density at radius 3 is 2.45 bits per heavy atom. The molecular formula is C23H22F3N7. The van der Waals surface area contributed by atoms with Crippen LogP contribution in [0.25, 0.3) is 22.4 Å². The number of anilines is 3. The van der Waals surface area contributed by atoms with E-state index in [1.807, 2.05) is 18.3 Å². The van der Waals surface area contributed by atoms with Gasteiger partial charge in [-0.15, -0.1) is 0 Å². The molecule has 1 aliphatic heterocycles. The molecule has 170 valence electrons. The number of imidazole rings is 1. The van der Waals surface area contributed by atoms with Crippen molar-refractivity contribution in [3.63, 3.8) is 0 Å². The summed E-state index contributed by atoms with van der Waals surface area (Å²) in [6, 6.07) is 10.7. The summed E-state index contributed by atoms with van der Waals surface area (Å²) in [5.74, 6) is 1.54. The Morgan fingerprint density at radius 1 is 0.939 bits per heavy atom. The van der Waals surface area contributed by atoms with Crippen molar-refractivity contribution in [1.29, 1.82) is 0 Å². The monoisotopic (exact) mass is 453 g/mol. The van der Waals surface area contributed by atoms with Crippen LogP contribution >= 0.6 is 0 Å². The molecule has 0 bridgehead atoms. The topological polar surface area (TPSA) is 73.0 Å². The lowest BCUT2D eigenvalue weighted by Gasteiger charge is -2.33. The molecule has 33 heavy (non-hydrogen) atoms. The van der Waals surface area contributed by atoms with Gasteiger partial charge in [-0.25, -0.2) is 15.0 Å². The summed E-state index contributed by atoms with van der Waals surface area (Å²) in [4.78, 5) is 21.0. The zero-order chi connectivity index (χ0) is 23.0. The number of benzene rings is 1. The van der Waals surface area contributed by atoms with Gasteiger partial charge in [-0.05, 0) is 31.3 Å². The third kappa shape index (κ3) is 4.61. The Morgan fingerprint density at radius 2 is 1.73 bits per heavy atom. The van der Waals surface area contributed by atoms with Crippen molar-refractivity contribution >= 4 is 28.4 Å². The van der Waals surface area contributed by atoms with E-state index < -0.39 is 11.7 Å². The number of nitrogens with one attached hydrogen (secondary N) is 2. The maximum absolute atomic E-state index is 13.0. The zero-order valence-corrected chi connectivity index (χ0v) is 17.9. The van der Waals surface area contributed by atoms with Crippen molar-refractivity contribution in [2.45, 2.75) is 6.18 Å². The highest BCUT2D eigenvalue weighted by molar-refractivity contribution is 5.81. The number of hydrogen-bond donors (Lipinski definition) is 2. The molecule has 0 aliphatic carbocycles. The summed E-state index contributed by atoms with van der Waals surface area (Å²) in [5.41, 5.74) is 1.94. The molecule has 7 nitrogen and oxygen atoms in total. The molecule has 0 saturated carbocycles. The number of alkyl halides is 3. The normalized spacial score (nSPS) is 15.2. The Balaban J connectivity index is 1.33. The third-order valence-electron chi connectivity index (χ3n) is 5.70. The average molecular weight is 453 g/mol. The minimum Gasteiger partial charge on any atom is -0.368 e. The number of pyridine rings is 2. The second-order valence-electron chi connectivity index (χ2n) is 8.07. The molecule has 0 unspecified atom stereocenters. The molecule has 0 radical (unpaired) electrons. The van der Waals surface area contributed by atoms with Crippen LogP contribution < -0.4 is 10.2 Å². The van der Waals surface area contributed by atoms with E-state index in [2.05, 4.69) is 42.1 Å². The van der Waals surface area contributed by atoms with Crippen molar-refractivity contribution in [1.82, 2.24) is 24.8 Å². The van der Waals surface area contributed by atoms with Crippen molar-refractivity contribution in [3.05, 3.63) is 60.4 Å². The first-order valence-electron chi connectivity index (χ1n) is 10.6. The summed E-state index contributed by atoms with van der Waals surface area (Å²) in [6.45, 7) is 3.99. The second-order valence-corrected chi connectivity index (χ2v) is 8.07. The van der Waals surface area contributed by atoms with Gasteiger partial charge in [0.1, 0.15) is 17.5 Å². The first-order chi connectivity index (χ1) is 15.8. The van der Waals surface area contributed by atoms with Crippen LogP contribution in [0, 0.1) is 0 Å². The molecule has 0 spiro atoms. The van der Waals surface area contributed by atoms with Crippen LogP contribution in [0.1, 0.15) is 5.56 Å². The maximum Gasteiger partial charge on any atom is 0.416 e. The van der Waals surface area contributed by atoms with E-state index in [4.69, 9.17) is 0 Å². The van der Waals surface area contributed by atoms with Gasteiger partial charge in [0.2, 0.25) is 0 Å². The molecule has 5 rings (SSSR count). The van der Waals surface area contributed by atoms with Crippen LogP contribution in [-0.4, -0.2) is 58.1 Å². The zero-order valence-electron chi connectivity index (χ0n) is 17.9. The fraction of sp³-hybridized carbons (Fsp3) is 0.261. The van der Waals surface area contributed by atoms with Crippen molar-refractivity contribution in [3.8, 4) is 11.4 Å². The number of halogens is 3. The minimum atomic E-state index is -4.41. The lowest BCUT2D eigenvalue weighted by atomic mass is 10.1. The Bertz CT molecular complexity index is 1260. The predicted octanol–water partition coefficient (Wildman–Crippen LogP) is 4.53. The number of likely N-dealkylation sites (N-methyl/N-ethyl adjacent to an activating group) is 1. The van der Waals surface area contributed by atoms with Gasteiger partial charge in [0.25, 0.3) is 0 Å². The van der Waals surface area contributed by atoms with E-state index >= 15 is 0 Å². The van der Waals surface area contributed by atoms with Crippen molar-refractivity contribution in [2.75, 3.05) is 43.4 Å². The fourth-order valence-corrected chi connectivity index (χ4v) is 3.80. The van der Waals surface area contributed by atoms with Crippen LogP contribution in [0.5, 0.6) is 0 Å². The van der Waals surface area contributed by atoms with E-state index in [0.717, 1.165) is 44.0 Å². The lowest BCUT2D eigenvalue weighted by Crippen LogP contribution is -2.44. The minimum absolute atomic E-state index is 0.352. The Hall–Kier alpha value is -3.66. The lowest BCUT2D eigenvalue weighted by molar-refractivity contribution is -0.137. The van der Waals surface area contributed by atoms with Gasteiger partial charge in [0.05, 0.1) is 34.7 Å². The molecule has 3 aromatic heterocycles. The first-order valence-corrected chi connectivity index (χ1v) is 10.6. The van der Waals surface area contributed by atoms with Crippen molar-refractivity contribution in [2.24, 2.45) is 0 Å². The SMILES string of the molecule is CN1CCN(c2ccc(Nc3cc4nc(-c5cccc(C(F)(F)F)c5)[nH]c4cn3)nc2)CC1. The quantitative estimate of drug-likeness (QED) is 0.473. The number of hydrogen-bond acceptors (Lipinski definition) is 6. The molecule has 4 aromatic rings. The van der Waals surface area contributed by atoms with E-state index in [9.17, 15) is 13.2 Å².